The first kappa shape index (κ1) is 9.11. The monoisotopic (exact) mass is 151 g/mol. The summed E-state index contributed by atoms with van der Waals surface area (Å²) in [4.78, 5) is 0. The molecule has 0 fully saturated rings. The zero-order valence-corrected chi connectivity index (χ0v) is 7.55. The molecule has 0 aliphatic rings. The van der Waals surface area contributed by atoms with Crippen LogP contribution in [0.4, 0.5) is 0 Å². The predicted molar refractivity (Wildman–Crippen MR) is 44.2 cm³/mol. The summed E-state index contributed by atoms with van der Waals surface area (Å²) >= 11 is 0. The van der Waals surface area contributed by atoms with Crippen LogP contribution in [0.3, 0.4) is 0 Å². The van der Waals surface area contributed by atoms with Crippen LogP contribution in [0.1, 0.15) is 13.8 Å². The maximum atomic E-state index is 11.6. The van der Waals surface area contributed by atoms with Gasteiger partial charge in [-0.3, -0.25) is 8.93 Å². The van der Waals surface area contributed by atoms with Crippen molar-refractivity contribution in [3.8, 4) is 0 Å². The van der Waals surface area contributed by atoms with Crippen LogP contribution in [0.5, 0.6) is 0 Å². The number of hydrogen-bond acceptors (Lipinski definition) is 1. The van der Waals surface area contributed by atoms with E-state index in [1.54, 1.807) is 12.5 Å². The summed E-state index contributed by atoms with van der Waals surface area (Å²) in [5.74, 6) is 0.713. The molecule has 0 unspecified atom stereocenters. The second kappa shape index (κ2) is 2.39. The van der Waals surface area contributed by atoms with Gasteiger partial charge in [-0.25, -0.2) is 0 Å². The Bertz CT molecular complexity index is 147. The van der Waals surface area contributed by atoms with Crippen molar-refractivity contribution in [2.24, 2.45) is 0 Å². The molecule has 0 aromatic heterocycles. The minimum absolute atomic E-state index is 0.713. The minimum Gasteiger partial charge on any atom is -0.269 e. The molecule has 0 saturated heterocycles. The Morgan fingerprint density at radius 1 is 1.33 bits per heavy atom. The molecule has 3 heteroatoms. The Hall–Kier alpha value is 0.110. The summed E-state index contributed by atoms with van der Waals surface area (Å²) in [6.07, 6.45) is 3.58. The molecule has 0 atom stereocenters. The normalized spacial score (nSPS) is 16.7. The Labute approximate surface area is 57.6 Å². The van der Waals surface area contributed by atoms with Gasteiger partial charge in [0.1, 0.15) is 0 Å². The lowest BCUT2D eigenvalue weighted by molar-refractivity contribution is 0.653. The van der Waals surface area contributed by atoms with Gasteiger partial charge in [-0.15, -0.1) is 0 Å². The molecular formula is C6H17NOS. The molecule has 0 rings (SSSR count). The van der Waals surface area contributed by atoms with E-state index in [-0.39, 0.29) is 0 Å². The van der Waals surface area contributed by atoms with Gasteiger partial charge in [-0.05, 0) is 0 Å². The van der Waals surface area contributed by atoms with E-state index >= 15 is 0 Å². The Morgan fingerprint density at radius 2 is 1.78 bits per heavy atom. The summed E-state index contributed by atoms with van der Waals surface area (Å²) in [5, 5.41) is 0. The second-order valence-corrected chi connectivity index (χ2v) is 7.87. The summed E-state index contributed by atoms with van der Waals surface area (Å²) in [7, 11) is -2.41. The third-order valence-electron chi connectivity index (χ3n) is 1.43. The van der Waals surface area contributed by atoms with Gasteiger partial charge in [0, 0.05) is 24.8 Å². The van der Waals surface area contributed by atoms with Gasteiger partial charge in [0.05, 0.1) is 0 Å². The molecular weight excluding hydrogens is 134 g/mol. The van der Waals surface area contributed by atoms with Crippen molar-refractivity contribution >= 4 is 9.25 Å². The van der Waals surface area contributed by atoms with Gasteiger partial charge >= 0.3 is 0 Å². The summed E-state index contributed by atoms with van der Waals surface area (Å²) in [5.41, 5.74) is 0. The van der Waals surface area contributed by atoms with E-state index in [2.05, 4.69) is 4.72 Å². The fourth-order valence-corrected chi connectivity index (χ4v) is 1.66. The molecule has 0 radical (unpaired) electrons. The largest absolute Gasteiger partial charge is 0.269 e. The first-order chi connectivity index (χ1) is 3.89. The van der Waals surface area contributed by atoms with E-state index in [4.69, 9.17) is 0 Å². The van der Waals surface area contributed by atoms with E-state index in [0.29, 0.717) is 5.75 Å². The molecule has 0 aromatic rings. The van der Waals surface area contributed by atoms with Gasteiger partial charge in [-0.2, -0.15) is 0 Å². The first-order valence-corrected chi connectivity index (χ1v) is 6.20. The molecule has 0 amide bonds. The van der Waals surface area contributed by atoms with Gasteiger partial charge in [0.25, 0.3) is 0 Å². The molecule has 0 bridgehead atoms. The Kier molecular flexibility index (Phi) is 2.41. The van der Waals surface area contributed by atoms with Crippen LogP contribution < -0.4 is 4.72 Å². The molecule has 0 saturated carbocycles. The fourth-order valence-electron chi connectivity index (χ4n) is 0.552. The number of rotatable bonds is 3. The van der Waals surface area contributed by atoms with E-state index < -0.39 is 9.25 Å². The third kappa shape index (κ3) is 3.65. The maximum Gasteiger partial charge on any atom is 0.0118 e. The van der Waals surface area contributed by atoms with E-state index in [1.807, 2.05) is 13.8 Å². The van der Waals surface area contributed by atoms with Crippen LogP contribution in [-0.2, 0) is 9.25 Å². The first-order valence-electron chi connectivity index (χ1n) is 3.24. The lowest BCUT2D eigenvalue weighted by Gasteiger charge is -2.33. The van der Waals surface area contributed by atoms with E-state index in [0.717, 1.165) is 6.54 Å². The highest BCUT2D eigenvalue weighted by atomic mass is 32.3. The van der Waals surface area contributed by atoms with Crippen LogP contribution in [-0.4, -0.2) is 29.0 Å². The topological polar surface area (TPSA) is 29.1 Å². The van der Waals surface area contributed by atoms with E-state index in [9.17, 15) is 4.21 Å². The lowest BCUT2D eigenvalue weighted by atomic mass is 10.8. The zero-order chi connectivity index (χ0) is 7.57. The van der Waals surface area contributed by atoms with Crippen molar-refractivity contribution in [1.82, 2.24) is 4.72 Å². The van der Waals surface area contributed by atoms with Crippen molar-refractivity contribution in [2.45, 2.75) is 13.8 Å². The number of hydrogen-bond donors (Lipinski definition) is 1. The summed E-state index contributed by atoms with van der Waals surface area (Å²) < 4.78 is 14.6. The van der Waals surface area contributed by atoms with Gasteiger partial charge in [-0.1, -0.05) is 23.1 Å². The highest BCUT2D eigenvalue weighted by molar-refractivity contribution is 8.17. The van der Waals surface area contributed by atoms with Crippen molar-refractivity contribution in [1.29, 1.82) is 0 Å². The molecule has 9 heavy (non-hydrogen) atoms. The molecule has 0 aliphatic carbocycles. The maximum absolute atomic E-state index is 11.6. The minimum atomic E-state index is -2.41. The average molecular weight is 151 g/mol. The molecule has 0 aliphatic heterocycles. The molecule has 0 aromatic carbocycles. The molecule has 58 valence electrons. The standard InChI is InChI=1S/C6H17NOS/c1-5-7-9(3,4,8)6-2/h5-6H2,1-4H3,(H,7,8). The molecule has 0 heterocycles. The number of nitrogens with one attached hydrogen (secondary N) is 1. The predicted octanol–water partition coefficient (Wildman–Crippen LogP) is 0.611. The highest BCUT2D eigenvalue weighted by Crippen LogP contribution is 2.09. The van der Waals surface area contributed by atoms with Gasteiger partial charge in [0.15, 0.2) is 0 Å². The lowest BCUT2D eigenvalue weighted by Crippen LogP contribution is -2.47. The van der Waals surface area contributed by atoms with Crippen LogP contribution in [0, 0.1) is 0 Å². The van der Waals surface area contributed by atoms with Crippen molar-refractivity contribution in [3.05, 3.63) is 0 Å². The summed E-state index contributed by atoms with van der Waals surface area (Å²) in [6, 6.07) is 0. The van der Waals surface area contributed by atoms with Crippen molar-refractivity contribution in [2.75, 3.05) is 24.8 Å². The Morgan fingerprint density at radius 3 is 1.89 bits per heavy atom. The molecule has 0 spiro atoms. The van der Waals surface area contributed by atoms with Crippen LogP contribution in [0.2, 0.25) is 0 Å². The van der Waals surface area contributed by atoms with E-state index in [1.165, 1.54) is 0 Å². The smallest absolute Gasteiger partial charge is 0.0118 e. The quantitative estimate of drug-likeness (QED) is 0.629. The Balaban J connectivity index is 4.14. The average Bonchev–Trinajstić information content (AvgIpc) is 1.66. The SMILES string of the molecule is CCNS(C)(C)(=O)CC. The zero-order valence-electron chi connectivity index (χ0n) is 6.73. The highest BCUT2D eigenvalue weighted by Gasteiger charge is 2.19. The van der Waals surface area contributed by atoms with Gasteiger partial charge in [0.2, 0.25) is 0 Å². The fraction of sp³-hybridized carbons (Fsp3) is 1.00. The molecule has 1 N–H and O–H groups in total. The van der Waals surface area contributed by atoms with Crippen molar-refractivity contribution in [3.63, 3.8) is 0 Å². The van der Waals surface area contributed by atoms with Crippen LogP contribution >= 0.6 is 0 Å². The molecule has 2 nitrogen and oxygen atoms in total. The third-order valence-corrected chi connectivity index (χ3v) is 4.30. The summed E-state index contributed by atoms with van der Waals surface area (Å²) in [6.45, 7) is 4.69. The van der Waals surface area contributed by atoms with Crippen molar-refractivity contribution < 1.29 is 4.21 Å². The van der Waals surface area contributed by atoms with Crippen LogP contribution in [0.25, 0.3) is 0 Å². The van der Waals surface area contributed by atoms with Gasteiger partial charge < -0.3 is 0 Å². The van der Waals surface area contributed by atoms with Crippen LogP contribution in [0.15, 0.2) is 0 Å². The second-order valence-electron chi connectivity index (χ2n) is 2.86.